The molecule has 1 aromatic carbocycles. The lowest BCUT2D eigenvalue weighted by molar-refractivity contribution is -0.137. The van der Waals surface area contributed by atoms with Crippen LogP contribution in [0.2, 0.25) is 0 Å². The average molecular weight is 415 g/mol. The minimum Gasteiger partial charge on any atom is -0.385 e. The van der Waals surface area contributed by atoms with E-state index in [4.69, 9.17) is 0 Å². The van der Waals surface area contributed by atoms with Crippen molar-refractivity contribution in [2.24, 2.45) is 0 Å². The number of allylic oxidation sites excluding steroid dienone is 2. The Hall–Kier alpha value is -2.87. The van der Waals surface area contributed by atoms with Crippen molar-refractivity contribution in [1.29, 1.82) is 0 Å². The SMILES string of the molecule is CC1=CC(Nc2nc(-c3ccccc3C(F)(F)F)nc3c2CCNCC3)=C(C)CN1. The number of nitrogens with one attached hydrogen (secondary N) is 3. The second-order valence-electron chi connectivity index (χ2n) is 7.61. The first-order chi connectivity index (χ1) is 14.3. The zero-order valence-corrected chi connectivity index (χ0v) is 17.0. The molecule has 0 amide bonds. The molecular weight excluding hydrogens is 391 g/mol. The summed E-state index contributed by atoms with van der Waals surface area (Å²) in [6, 6.07) is 5.47. The van der Waals surface area contributed by atoms with Gasteiger partial charge in [-0.3, -0.25) is 0 Å². The Morgan fingerprint density at radius 1 is 1.03 bits per heavy atom. The van der Waals surface area contributed by atoms with Crippen LogP contribution in [-0.4, -0.2) is 29.6 Å². The molecule has 158 valence electrons. The molecular formula is C22H24F3N5. The number of hydrogen-bond acceptors (Lipinski definition) is 5. The van der Waals surface area contributed by atoms with Gasteiger partial charge < -0.3 is 16.0 Å². The lowest BCUT2D eigenvalue weighted by Gasteiger charge is -2.21. The third-order valence-electron chi connectivity index (χ3n) is 5.36. The molecule has 2 aliphatic heterocycles. The quantitative estimate of drug-likeness (QED) is 0.706. The molecule has 3 heterocycles. The van der Waals surface area contributed by atoms with Gasteiger partial charge in [0.2, 0.25) is 0 Å². The van der Waals surface area contributed by atoms with Crippen LogP contribution in [0.25, 0.3) is 11.4 Å². The number of fused-ring (bicyclic) bond motifs is 1. The maximum atomic E-state index is 13.6. The summed E-state index contributed by atoms with van der Waals surface area (Å²) in [5.41, 5.74) is 4.06. The molecule has 2 aliphatic rings. The summed E-state index contributed by atoms with van der Waals surface area (Å²) >= 11 is 0. The highest BCUT2D eigenvalue weighted by Gasteiger charge is 2.34. The highest BCUT2D eigenvalue weighted by Crippen LogP contribution is 2.37. The van der Waals surface area contributed by atoms with E-state index in [1.165, 1.54) is 12.1 Å². The smallest absolute Gasteiger partial charge is 0.385 e. The van der Waals surface area contributed by atoms with Gasteiger partial charge >= 0.3 is 6.18 Å². The highest BCUT2D eigenvalue weighted by atomic mass is 19.4. The van der Waals surface area contributed by atoms with Gasteiger partial charge in [0.1, 0.15) is 5.82 Å². The van der Waals surface area contributed by atoms with E-state index >= 15 is 0 Å². The molecule has 0 radical (unpaired) electrons. The summed E-state index contributed by atoms with van der Waals surface area (Å²) < 4.78 is 40.8. The molecule has 0 fully saturated rings. The number of hydrogen-bond donors (Lipinski definition) is 3. The molecule has 0 saturated heterocycles. The first kappa shape index (κ1) is 20.4. The fourth-order valence-corrected chi connectivity index (χ4v) is 3.72. The van der Waals surface area contributed by atoms with Gasteiger partial charge in [-0.15, -0.1) is 0 Å². The molecule has 8 heteroatoms. The van der Waals surface area contributed by atoms with E-state index in [-0.39, 0.29) is 11.4 Å². The number of halogens is 3. The van der Waals surface area contributed by atoms with Crippen molar-refractivity contribution >= 4 is 5.82 Å². The third-order valence-corrected chi connectivity index (χ3v) is 5.36. The first-order valence-electron chi connectivity index (χ1n) is 9.99. The highest BCUT2D eigenvalue weighted by molar-refractivity contribution is 5.66. The number of dihydropyridines is 1. The zero-order valence-electron chi connectivity index (χ0n) is 17.0. The fraction of sp³-hybridized carbons (Fsp3) is 0.364. The lowest BCUT2D eigenvalue weighted by Crippen LogP contribution is -2.22. The first-order valence-corrected chi connectivity index (χ1v) is 9.99. The normalized spacial score (nSPS) is 17.0. The van der Waals surface area contributed by atoms with Crippen molar-refractivity contribution in [2.75, 3.05) is 25.0 Å². The maximum absolute atomic E-state index is 13.6. The minimum absolute atomic E-state index is 0.00390. The van der Waals surface area contributed by atoms with Crippen molar-refractivity contribution in [3.05, 3.63) is 64.1 Å². The van der Waals surface area contributed by atoms with Crippen LogP contribution in [0.3, 0.4) is 0 Å². The van der Waals surface area contributed by atoms with E-state index in [0.717, 1.165) is 47.4 Å². The van der Waals surface area contributed by atoms with Crippen LogP contribution in [-0.2, 0) is 19.0 Å². The maximum Gasteiger partial charge on any atom is 0.417 e. The Balaban J connectivity index is 1.85. The molecule has 4 rings (SSSR count). The van der Waals surface area contributed by atoms with Crippen LogP contribution in [0.1, 0.15) is 30.7 Å². The number of benzene rings is 1. The summed E-state index contributed by atoms with van der Waals surface area (Å²) in [5, 5.41) is 9.99. The van der Waals surface area contributed by atoms with Gasteiger partial charge in [-0.1, -0.05) is 18.2 Å². The fourth-order valence-electron chi connectivity index (χ4n) is 3.72. The molecule has 1 aromatic heterocycles. The molecule has 0 aliphatic carbocycles. The Morgan fingerprint density at radius 2 is 1.80 bits per heavy atom. The van der Waals surface area contributed by atoms with Gasteiger partial charge in [0.05, 0.1) is 11.3 Å². The van der Waals surface area contributed by atoms with Crippen molar-refractivity contribution < 1.29 is 13.2 Å². The average Bonchev–Trinajstić information content (AvgIpc) is 2.96. The standard InChI is InChI=1S/C22H24F3N5/c1-13-12-27-14(2)11-19(13)29-21-16-7-9-26-10-8-18(16)28-20(30-21)15-5-3-4-6-17(15)22(23,24)25/h3-6,11,26-27H,7-10,12H2,1-2H3,(H,28,29,30). The zero-order chi connectivity index (χ0) is 21.3. The summed E-state index contributed by atoms with van der Waals surface area (Å²) in [6.45, 7) is 6.21. The molecule has 0 spiro atoms. The summed E-state index contributed by atoms with van der Waals surface area (Å²) in [6.07, 6.45) is -1.13. The van der Waals surface area contributed by atoms with Crippen LogP contribution in [0, 0.1) is 0 Å². The summed E-state index contributed by atoms with van der Waals surface area (Å²) in [7, 11) is 0. The monoisotopic (exact) mass is 415 g/mol. The molecule has 2 aromatic rings. The van der Waals surface area contributed by atoms with E-state index < -0.39 is 11.7 Å². The molecule has 3 N–H and O–H groups in total. The predicted octanol–water partition coefficient (Wildman–Crippen LogP) is 4.04. The Morgan fingerprint density at radius 3 is 2.60 bits per heavy atom. The third kappa shape index (κ3) is 4.18. The molecule has 0 saturated carbocycles. The van der Waals surface area contributed by atoms with Crippen LogP contribution in [0.5, 0.6) is 0 Å². The number of aromatic nitrogens is 2. The van der Waals surface area contributed by atoms with E-state index in [0.29, 0.717) is 25.2 Å². The minimum atomic E-state index is -4.48. The number of anilines is 1. The molecule has 5 nitrogen and oxygen atoms in total. The van der Waals surface area contributed by atoms with Crippen molar-refractivity contribution in [2.45, 2.75) is 32.9 Å². The number of rotatable bonds is 3. The lowest BCUT2D eigenvalue weighted by atomic mass is 10.0. The molecule has 0 atom stereocenters. The van der Waals surface area contributed by atoms with Crippen molar-refractivity contribution in [3.8, 4) is 11.4 Å². The molecule has 30 heavy (non-hydrogen) atoms. The van der Waals surface area contributed by atoms with E-state index in [1.54, 1.807) is 6.07 Å². The van der Waals surface area contributed by atoms with Gasteiger partial charge in [-0.2, -0.15) is 13.2 Å². The van der Waals surface area contributed by atoms with Gasteiger partial charge in [-0.05, 0) is 44.5 Å². The van der Waals surface area contributed by atoms with Gasteiger partial charge in [0.25, 0.3) is 0 Å². The van der Waals surface area contributed by atoms with Crippen molar-refractivity contribution in [1.82, 2.24) is 20.6 Å². The van der Waals surface area contributed by atoms with Gasteiger partial charge in [0, 0.05) is 42.0 Å². The van der Waals surface area contributed by atoms with Gasteiger partial charge in [-0.25, -0.2) is 9.97 Å². The summed E-state index contributed by atoms with van der Waals surface area (Å²) in [5.74, 6) is 0.676. The molecule has 0 bridgehead atoms. The van der Waals surface area contributed by atoms with E-state index in [9.17, 15) is 13.2 Å². The second kappa shape index (κ2) is 8.10. The topological polar surface area (TPSA) is 61.9 Å². The largest absolute Gasteiger partial charge is 0.417 e. The van der Waals surface area contributed by atoms with Gasteiger partial charge in [0.15, 0.2) is 5.82 Å². The number of nitrogens with zero attached hydrogens (tertiary/aromatic N) is 2. The van der Waals surface area contributed by atoms with E-state index in [2.05, 4.69) is 25.9 Å². The predicted molar refractivity (Wildman–Crippen MR) is 111 cm³/mol. The van der Waals surface area contributed by atoms with Crippen molar-refractivity contribution in [3.63, 3.8) is 0 Å². The van der Waals surface area contributed by atoms with Crippen LogP contribution in [0.15, 0.2) is 47.3 Å². The van der Waals surface area contributed by atoms with Crippen LogP contribution >= 0.6 is 0 Å². The summed E-state index contributed by atoms with van der Waals surface area (Å²) in [4.78, 5) is 9.16. The van der Waals surface area contributed by atoms with Crippen LogP contribution in [0.4, 0.5) is 19.0 Å². The van der Waals surface area contributed by atoms with E-state index in [1.807, 2.05) is 19.9 Å². The Kier molecular flexibility index (Phi) is 5.51. The number of alkyl halides is 3. The Bertz CT molecular complexity index is 1020. The van der Waals surface area contributed by atoms with Crippen LogP contribution < -0.4 is 16.0 Å². The Labute approximate surface area is 173 Å². The molecule has 0 unspecified atom stereocenters. The second-order valence-corrected chi connectivity index (χ2v) is 7.61.